The molecule has 0 saturated carbocycles. The number of amides is 1. The lowest BCUT2D eigenvalue weighted by molar-refractivity contribution is -0.136. The van der Waals surface area contributed by atoms with Crippen LogP contribution in [0.15, 0.2) is 10.9 Å². The molecule has 1 aromatic heterocycles. The second kappa shape index (κ2) is 8.45. The minimum Gasteiger partial charge on any atom is -0.339 e. The monoisotopic (exact) mass is 366 g/mol. The number of nitrogens with zero attached hydrogens (tertiary/aromatic N) is 3. The van der Waals surface area contributed by atoms with Gasteiger partial charge in [0.15, 0.2) is 0 Å². The number of carbonyl (C=O) groups is 1. The Morgan fingerprint density at radius 1 is 1.36 bits per heavy atom. The molecule has 0 atom stereocenters. The highest BCUT2D eigenvalue weighted by molar-refractivity contribution is 7.07. The molecule has 22 heavy (non-hydrogen) atoms. The van der Waals surface area contributed by atoms with Gasteiger partial charge in [0.2, 0.25) is 5.91 Å². The molecule has 0 unspecified atom stereocenters. The van der Waals surface area contributed by atoms with E-state index in [1.165, 1.54) is 0 Å². The third-order valence-electron chi connectivity index (χ3n) is 4.70. The van der Waals surface area contributed by atoms with Gasteiger partial charge in [0.05, 0.1) is 17.6 Å². The van der Waals surface area contributed by atoms with Gasteiger partial charge >= 0.3 is 0 Å². The number of halogens is 2. The summed E-state index contributed by atoms with van der Waals surface area (Å²) in [5.74, 6) is 0.224. The van der Waals surface area contributed by atoms with Gasteiger partial charge in [-0.05, 0) is 33.0 Å². The van der Waals surface area contributed by atoms with Crippen molar-refractivity contribution >= 4 is 42.1 Å². The van der Waals surface area contributed by atoms with Crippen molar-refractivity contribution in [1.82, 2.24) is 20.1 Å². The third-order valence-corrected chi connectivity index (χ3v) is 5.34. The van der Waals surface area contributed by atoms with Crippen LogP contribution in [0.1, 0.15) is 18.5 Å². The van der Waals surface area contributed by atoms with Gasteiger partial charge < -0.3 is 10.2 Å². The largest absolute Gasteiger partial charge is 0.339 e. The number of hydrogen-bond acceptors (Lipinski definition) is 5. The van der Waals surface area contributed by atoms with Gasteiger partial charge in [0.1, 0.15) is 0 Å². The van der Waals surface area contributed by atoms with E-state index in [0.29, 0.717) is 6.42 Å². The highest BCUT2D eigenvalue weighted by Gasteiger charge is 2.41. The van der Waals surface area contributed by atoms with Crippen molar-refractivity contribution in [2.75, 3.05) is 39.8 Å². The van der Waals surface area contributed by atoms with Crippen LogP contribution < -0.4 is 5.32 Å². The first-order valence-electron chi connectivity index (χ1n) is 7.26. The molecule has 1 N–H and O–H groups in total. The maximum Gasteiger partial charge on any atom is 0.228 e. The predicted octanol–water partition coefficient (Wildman–Crippen LogP) is 1.43. The molecule has 2 saturated heterocycles. The van der Waals surface area contributed by atoms with Crippen molar-refractivity contribution in [3.05, 3.63) is 16.6 Å². The Balaban J connectivity index is 0.00000121. The standard InChI is InChI=1S/C14H22N4OS.2ClH/c1-17-6-7-18(10-14(17)2-4-15-5-3-14)13(19)8-12-9-20-11-16-12;;/h9,11,15H,2-8,10H2,1H3;2*1H. The summed E-state index contributed by atoms with van der Waals surface area (Å²) in [5, 5.41) is 5.39. The summed E-state index contributed by atoms with van der Waals surface area (Å²) in [4.78, 5) is 21.2. The Kier molecular flexibility index (Phi) is 7.55. The molecule has 3 heterocycles. The van der Waals surface area contributed by atoms with Crippen LogP contribution in [0.3, 0.4) is 0 Å². The van der Waals surface area contributed by atoms with E-state index in [4.69, 9.17) is 0 Å². The van der Waals surface area contributed by atoms with E-state index in [-0.39, 0.29) is 36.3 Å². The van der Waals surface area contributed by atoms with Crippen LogP contribution in [0.4, 0.5) is 0 Å². The van der Waals surface area contributed by atoms with E-state index in [1.807, 2.05) is 10.3 Å². The fraction of sp³-hybridized carbons (Fsp3) is 0.714. The third kappa shape index (κ3) is 4.11. The van der Waals surface area contributed by atoms with Gasteiger partial charge in [0.25, 0.3) is 0 Å². The van der Waals surface area contributed by atoms with Gasteiger partial charge in [0, 0.05) is 30.6 Å². The average Bonchev–Trinajstić information content (AvgIpc) is 2.96. The summed E-state index contributed by atoms with van der Waals surface area (Å²) >= 11 is 1.55. The Bertz CT molecular complexity index is 465. The normalized spacial score (nSPS) is 21.0. The molecule has 1 amide bonds. The highest BCUT2D eigenvalue weighted by Crippen LogP contribution is 2.29. The predicted molar refractivity (Wildman–Crippen MR) is 94.4 cm³/mol. The van der Waals surface area contributed by atoms with Crippen molar-refractivity contribution in [3.63, 3.8) is 0 Å². The zero-order valence-corrected chi connectivity index (χ0v) is 15.2. The summed E-state index contributed by atoms with van der Waals surface area (Å²) < 4.78 is 0. The fourth-order valence-electron chi connectivity index (χ4n) is 3.30. The molecule has 8 heteroatoms. The molecular formula is C14H24Cl2N4OS. The number of aromatic nitrogens is 1. The number of likely N-dealkylation sites (N-methyl/N-ethyl adjacent to an activating group) is 1. The zero-order chi connectivity index (χ0) is 14.0. The lowest BCUT2D eigenvalue weighted by atomic mass is 9.84. The molecule has 3 rings (SSSR count). The zero-order valence-electron chi connectivity index (χ0n) is 12.8. The molecule has 5 nitrogen and oxygen atoms in total. The van der Waals surface area contributed by atoms with Crippen LogP contribution in [0.2, 0.25) is 0 Å². The molecular weight excluding hydrogens is 343 g/mol. The van der Waals surface area contributed by atoms with E-state index in [2.05, 4.69) is 22.2 Å². The Morgan fingerprint density at radius 2 is 2.09 bits per heavy atom. The second-order valence-corrected chi connectivity index (χ2v) is 6.59. The van der Waals surface area contributed by atoms with Gasteiger partial charge in [-0.1, -0.05) is 0 Å². The van der Waals surface area contributed by atoms with E-state index in [0.717, 1.165) is 51.3 Å². The average molecular weight is 367 g/mol. The van der Waals surface area contributed by atoms with Crippen LogP contribution in [-0.4, -0.2) is 66.0 Å². The van der Waals surface area contributed by atoms with Gasteiger partial charge in [-0.15, -0.1) is 36.2 Å². The number of carbonyl (C=O) groups excluding carboxylic acids is 1. The Hall–Kier alpha value is -0.400. The Labute approximate surface area is 148 Å². The smallest absolute Gasteiger partial charge is 0.228 e. The van der Waals surface area contributed by atoms with Gasteiger partial charge in [-0.2, -0.15) is 0 Å². The van der Waals surface area contributed by atoms with E-state index in [9.17, 15) is 4.79 Å². The van der Waals surface area contributed by atoms with Crippen LogP contribution in [0.25, 0.3) is 0 Å². The number of hydrogen-bond donors (Lipinski definition) is 1. The summed E-state index contributed by atoms with van der Waals surface area (Å²) in [7, 11) is 2.20. The van der Waals surface area contributed by atoms with Crippen molar-refractivity contribution in [1.29, 1.82) is 0 Å². The van der Waals surface area contributed by atoms with Crippen LogP contribution in [0, 0.1) is 0 Å². The molecule has 2 aliphatic rings. The maximum atomic E-state index is 12.5. The summed E-state index contributed by atoms with van der Waals surface area (Å²) in [5.41, 5.74) is 2.88. The van der Waals surface area contributed by atoms with E-state index < -0.39 is 0 Å². The first kappa shape index (κ1) is 19.6. The van der Waals surface area contributed by atoms with E-state index >= 15 is 0 Å². The molecule has 0 aromatic carbocycles. The van der Waals surface area contributed by atoms with Gasteiger partial charge in [-0.3, -0.25) is 9.69 Å². The fourth-order valence-corrected chi connectivity index (χ4v) is 3.86. The first-order valence-corrected chi connectivity index (χ1v) is 8.21. The van der Waals surface area contributed by atoms with Crippen molar-refractivity contribution in [3.8, 4) is 0 Å². The van der Waals surface area contributed by atoms with E-state index in [1.54, 1.807) is 16.8 Å². The number of nitrogens with one attached hydrogen (secondary N) is 1. The molecule has 1 aromatic rings. The number of thiazole rings is 1. The summed E-state index contributed by atoms with van der Waals surface area (Å²) in [6, 6.07) is 0. The maximum absolute atomic E-state index is 12.5. The first-order chi connectivity index (χ1) is 9.70. The number of rotatable bonds is 2. The van der Waals surface area contributed by atoms with Crippen molar-refractivity contribution in [2.45, 2.75) is 24.8 Å². The van der Waals surface area contributed by atoms with Crippen LogP contribution >= 0.6 is 36.2 Å². The molecule has 0 bridgehead atoms. The lowest BCUT2D eigenvalue weighted by Crippen LogP contribution is -2.65. The van der Waals surface area contributed by atoms with Crippen molar-refractivity contribution in [2.24, 2.45) is 0 Å². The van der Waals surface area contributed by atoms with Gasteiger partial charge in [-0.25, -0.2) is 4.98 Å². The van der Waals surface area contributed by atoms with Crippen molar-refractivity contribution < 1.29 is 4.79 Å². The minimum absolute atomic E-state index is 0. The molecule has 2 fully saturated rings. The van der Waals surface area contributed by atoms with Crippen LogP contribution in [0.5, 0.6) is 0 Å². The highest BCUT2D eigenvalue weighted by atomic mass is 35.5. The molecule has 1 spiro atoms. The second-order valence-electron chi connectivity index (χ2n) is 5.87. The topological polar surface area (TPSA) is 48.5 Å². The van der Waals surface area contributed by atoms with Crippen LogP contribution in [-0.2, 0) is 11.2 Å². The summed E-state index contributed by atoms with van der Waals surface area (Å²) in [6.07, 6.45) is 2.70. The lowest BCUT2D eigenvalue weighted by Gasteiger charge is -2.51. The molecule has 126 valence electrons. The molecule has 0 aliphatic carbocycles. The number of piperazine rings is 1. The molecule has 0 radical (unpaired) electrons. The minimum atomic E-state index is 0. The number of piperidine rings is 1. The molecule has 2 aliphatic heterocycles. The Morgan fingerprint density at radius 3 is 2.73 bits per heavy atom. The SMILES string of the molecule is CN1CCN(C(=O)Cc2cscn2)CC12CCNCC2.Cl.Cl. The summed E-state index contributed by atoms with van der Waals surface area (Å²) in [6.45, 7) is 4.79. The quantitative estimate of drug-likeness (QED) is 0.859.